The summed E-state index contributed by atoms with van der Waals surface area (Å²) in [4.78, 5) is 7.22. The molecule has 0 aliphatic heterocycles. The predicted octanol–water partition coefficient (Wildman–Crippen LogP) is 5.50. The van der Waals surface area contributed by atoms with Crippen molar-refractivity contribution in [2.45, 2.75) is 6.92 Å². The van der Waals surface area contributed by atoms with Gasteiger partial charge in [0.05, 0.1) is 10.6 Å². The van der Waals surface area contributed by atoms with Gasteiger partial charge in [0.15, 0.2) is 0 Å². The summed E-state index contributed by atoms with van der Waals surface area (Å²) in [5, 5.41) is 3.90. The zero-order valence-corrected chi connectivity index (χ0v) is 12.1. The van der Waals surface area contributed by atoms with E-state index in [0.717, 1.165) is 21.3 Å². The van der Waals surface area contributed by atoms with E-state index >= 15 is 0 Å². The summed E-state index contributed by atoms with van der Waals surface area (Å²) < 4.78 is 0. The number of thiazole rings is 1. The molecule has 0 aliphatic rings. The number of thiophene rings is 1. The lowest BCUT2D eigenvalue weighted by molar-refractivity contribution is 1.42. The van der Waals surface area contributed by atoms with Crippen LogP contribution in [0.4, 0.5) is 0 Å². The molecule has 0 radical (unpaired) electrons. The van der Waals surface area contributed by atoms with Gasteiger partial charge in [-0.3, -0.25) is 0 Å². The van der Waals surface area contributed by atoms with E-state index in [0.29, 0.717) is 0 Å². The Morgan fingerprint density at radius 2 is 1.83 bits per heavy atom. The van der Waals surface area contributed by atoms with E-state index in [2.05, 4.69) is 29.4 Å². The van der Waals surface area contributed by atoms with Crippen molar-refractivity contribution in [2.75, 3.05) is 0 Å². The average Bonchev–Trinajstić information content (AvgIpc) is 2.98. The second-order valence-electron chi connectivity index (χ2n) is 3.96. The molecule has 0 N–H and O–H groups in total. The highest BCUT2D eigenvalue weighted by atomic mass is 35.5. The summed E-state index contributed by atoms with van der Waals surface area (Å²) in [6.07, 6.45) is 0. The topological polar surface area (TPSA) is 12.9 Å². The molecule has 0 saturated heterocycles. The molecule has 3 aromatic rings. The smallest absolute Gasteiger partial charge is 0.124 e. The van der Waals surface area contributed by atoms with E-state index in [4.69, 9.17) is 11.6 Å². The van der Waals surface area contributed by atoms with Crippen LogP contribution in [0.1, 0.15) is 4.88 Å². The van der Waals surface area contributed by atoms with Gasteiger partial charge in [-0.05, 0) is 31.2 Å². The minimum Gasteiger partial charge on any atom is -0.235 e. The Bertz CT molecular complexity index is 667. The van der Waals surface area contributed by atoms with E-state index in [1.165, 1.54) is 9.75 Å². The van der Waals surface area contributed by atoms with Gasteiger partial charge in [-0.25, -0.2) is 4.98 Å². The number of halogens is 1. The molecule has 1 aromatic carbocycles. The normalized spacial score (nSPS) is 10.8. The molecular formula is C14H10ClNS2. The Morgan fingerprint density at radius 1 is 1.06 bits per heavy atom. The van der Waals surface area contributed by atoms with Gasteiger partial charge in [0.25, 0.3) is 0 Å². The van der Waals surface area contributed by atoms with Crippen molar-refractivity contribution in [1.82, 2.24) is 4.98 Å². The van der Waals surface area contributed by atoms with Crippen LogP contribution in [0, 0.1) is 6.92 Å². The molecule has 0 bridgehead atoms. The first kappa shape index (κ1) is 11.9. The first-order valence-electron chi connectivity index (χ1n) is 5.50. The van der Waals surface area contributed by atoms with Crippen LogP contribution in [-0.4, -0.2) is 4.98 Å². The third-order valence-electron chi connectivity index (χ3n) is 2.59. The maximum Gasteiger partial charge on any atom is 0.124 e. The summed E-state index contributed by atoms with van der Waals surface area (Å²) >= 11 is 9.33. The fraction of sp³-hybridized carbons (Fsp3) is 0.0714. The van der Waals surface area contributed by atoms with E-state index in [1.807, 2.05) is 24.3 Å². The first-order valence-corrected chi connectivity index (χ1v) is 7.58. The van der Waals surface area contributed by atoms with Crippen LogP contribution < -0.4 is 0 Å². The third kappa shape index (κ3) is 2.34. The van der Waals surface area contributed by atoms with Crippen LogP contribution in [0.3, 0.4) is 0 Å². The van der Waals surface area contributed by atoms with Crippen molar-refractivity contribution >= 4 is 34.3 Å². The molecule has 0 amide bonds. The van der Waals surface area contributed by atoms with Crippen molar-refractivity contribution in [3.8, 4) is 21.1 Å². The van der Waals surface area contributed by atoms with Crippen molar-refractivity contribution < 1.29 is 0 Å². The van der Waals surface area contributed by atoms with E-state index in [1.54, 1.807) is 22.7 Å². The lowest BCUT2D eigenvalue weighted by atomic mass is 10.2. The van der Waals surface area contributed by atoms with Crippen LogP contribution in [0.15, 0.2) is 41.8 Å². The highest BCUT2D eigenvalue weighted by Gasteiger charge is 2.08. The molecule has 2 heterocycles. The van der Waals surface area contributed by atoms with Crippen molar-refractivity contribution in [3.63, 3.8) is 0 Å². The fourth-order valence-corrected chi connectivity index (χ4v) is 3.54. The van der Waals surface area contributed by atoms with E-state index < -0.39 is 0 Å². The predicted molar refractivity (Wildman–Crippen MR) is 80.6 cm³/mol. The average molecular weight is 292 g/mol. The molecule has 0 spiro atoms. The van der Waals surface area contributed by atoms with Crippen molar-refractivity contribution in [3.05, 3.63) is 51.7 Å². The van der Waals surface area contributed by atoms with Crippen LogP contribution in [0.25, 0.3) is 21.1 Å². The number of benzene rings is 1. The highest BCUT2D eigenvalue weighted by Crippen LogP contribution is 2.32. The lowest BCUT2D eigenvalue weighted by Crippen LogP contribution is -1.76. The second kappa shape index (κ2) is 4.84. The Labute approximate surface area is 119 Å². The minimum atomic E-state index is 0.754. The number of hydrogen-bond acceptors (Lipinski definition) is 3. The number of nitrogens with zero attached hydrogens (tertiary/aromatic N) is 1. The molecule has 2 aromatic heterocycles. The van der Waals surface area contributed by atoms with E-state index in [9.17, 15) is 0 Å². The minimum absolute atomic E-state index is 0.754. The molecular weight excluding hydrogens is 282 g/mol. The number of aryl methyl sites for hydroxylation is 1. The largest absolute Gasteiger partial charge is 0.235 e. The highest BCUT2D eigenvalue weighted by molar-refractivity contribution is 7.16. The first-order chi connectivity index (χ1) is 8.72. The van der Waals surface area contributed by atoms with Crippen LogP contribution >= 0.6 is 34.3 Å². The quantitative estimate of drug-likeness (QED) is 0.607. The Kier molecular flexibility index (Phi) is 3.20. The summed E-state index contributed by atoms with van der Waals surface area (Å²) in [5.74, 6) is 0. The summed E-state index contributed by atoms with van der Waals surface area (Å²) in [6.45, 7) is 2.11. The molecule has 0 aliphatic carbocycles. The molecule has 18 heavy (non-hydrogen) atoms. The van der Waals surface area contributed by atoms with Gasteiger partial charge < -0.3 is 0 Å². The zero-order chi connectivity index (χ0) is 12.5. The molecule has 3 rings (SSSR count). The Balaban J connectivity index is 1.96. The van der Waals surface area contributed by atoms with E-state index in [-0.39, 0.29) is 0 Å². The molecule has 1 nitrogen and oxygen atoms in total. The van der Waals surface area contributed by atoms with Gasteiger partial charge in [-0.15, -0.1) is 22.7 Å². The summed E-state index contributed by atoms with van der Waals surface area (Å²) in [7, 11) is 0. The van der Waals surface area contributed by atoms with Crippen molar-refractivity contribution in [2.24, 2.45) is 0 Å². The van der Waals surface area contributed by atoms with Gasteiger partial charge in [-0.1, -0.05) is 23.7 Å². The van der Waals surface area contributed by atoms with Crippen LogP contribution in [0.5, 0.6) is 0 Å². The maximum absolute atomic E-state index is 5.89. The van der Waals surface area contributed by atoms with Crippen molar-refractivity contribution in [1.29, 1.82) is 0 Å². The van der Waals surface area contributed by atoms with Gasteiger partial charge >= 0.3 is 0 Å². The molecule has 4 heteroatoms. The lowest BCUT2D eigenvalue weighted by Gasteiger charge is -1.95. The van der Waals surface area contributed by atoms with Crippen LogP contribution in [-0.2, 0) is 0 Å². The molecule has 0 atom stereocenters. The number of aromatic nitrogens is 1. The fourth-order valence-electron chi connectivity index (χ4n) is 1.68. The maximum atomic E-state index is 5.89. The monoisotopic (exact) mass is 291 g/mol. The molecule has 90 valence electrons. The SMILES string of the molecule is Cc1ccc(-c2csc(-c3ccc(Cl)cc3)n2)s1. The van der Waals surface area contributed by atoms with Crippen LogP contribution in [0.2, 0.25) is 5.02 Å². The molecule has 0 fully saturated rings. The zero-order valence-electron chi connectivity index (χ0n) is 9.68. The summed E-state index contributed by atoms with van der Waals surface area (Å²) in [5.41, 5.74) is 2.17. The Morgan fingerprint density at radius 3 is 2.50 bits per heavy atom. The second-order valence-corrected chi connectivity index (χ2v) is 6.54. The number of hydrogen-bond donors (Lipinski definition) is 0. The Hall–Kier alpha value is -1.16. The number of rotatable bonds is 2. The third-order valence-corrected chi connectivity index (χ3v) is 4.75. The summed E-state index contributed by atoms with van der Waals surface area (Å²) in [6, 6.07) is 12.1. The van der Waals surface area contributed by atoms with Gasteiger partial charge in [0.1, 0.15) is 5.01 Å². The molecule has 0 saturated carbocycles. The standard InChI is InChI=1S/C14H10ClNS2/c1-9-2-7-13(18-9)12-8-17-14(16-12)10-3-5-11(15)6-4-10/h2-8H,1H3. The van der Waals surface area contributed by atoms with Gasteiger partial charge in [0.2, 0.25) is 0 Å². The van der Waals surface area contributed by atoms with Gasteiger partial charge in [0, 0.05) is 20.8 Å². The van der Waals surface area contributed by atoms with Gasteiger partial charge in [-0.2, -0.15) is 0 Å². The molecule has 0 unspecified atom stereocenters.